The quantitative estimate of drug-likeness (QED) is 0.708. The van der Waals surface area contributed by atoms with Gasteiger partial charge in [0.05, 0.1) is 0 Å². The predicted molar refractivity (Wildman–Crippen MR) is 57.3 cm³/mol. The average molecular weight is 206 g/mol. The smallest absolute Gasteiger partial charge is 0.135 e. The van der Waals surface area contributed by atoms with Gasteiger partial charge in [-0.3, -0.25) is 0 Å². The summed E-state index contributed by atoms with van der Waals surface area (Å²) in [5.74, 6) is 1.34. The van der Waals surface area contributed by atoms with Crippen LogP contribution in [0, 0.1) is 0 Å². The molecule has 0 amide bonds. The minimum Gasteiger partial charge on any atom is -0.135 e. The van der Waals surface area contributed by atoms with Gasteiger partial charge in [-0.2, -0.15) is 0 Å². The maximum Gasteiger partial charge on any atom is 0.176 e. The molecule has 0 saturated heterocycles. The summed E-state index contributed by atoms with van der Waals surface area (Å²) in [4.78, 5) is 0. The van der Waals surface area contributed by atoms with E-state index in [1.54, 1.807) is 0 Å². The van der Waals surface area contributed by atoms with Gasteiger partial charge in [-0.1, -0.05) is 38.5 Å². The Hall–Kier alpha value is -1.06. The second-order valence-electron chi connectivity index (χ2n) is 4.30. The molecule has 0 unspecified atom stereocenters. The first-order chi connectivity index (χ1) is 7.47. The average Bonchev–Trinajstić information content (AvgIpc) is 2.43. The zero-order chi connectivity index (χ0) is 10.3. The Morgan fingerprint density at radius 1 is 0.800 bits per heavy atom. The SMILES string of the molecule is c1nnc(C2CCCCCCCC2)nn1. The van der Waals surface area contributed by atoms with Crippen molar-refractivity contribution < 1.29 is 0 Å². The van der Waals surface area contributed by atoms with Crippen molar-refractivity contribution in [3.05, 3.63) is 12.2 Å². The Balaban J connectivity index is 1.99. The van der Waals surface area contributed by atoms with E-state index in [1.807, 2.05) is 0 Å². The number of nitrogens with zero attached hydrogens (tertiary/aromatic N) is 4. The lowest BCUT2D eigenvalue weighted by Crippen LogP contribution is -2.07. The van der Waals surface area contributed by atoms with Gasteiger partial charge in [0.25, 0.3) is 0 Å². The topological polar surface area (TPSA) is 51.6 Å². The fourth-order valence-electron chi connectivity index (χ4n) is 2.27. The first-order valence-electron chi connectivity index (χ1n) is 5.97. The third-order valence-corrected chi connectivity index (χ3v) is 3.14. The Morgan fingerprint density at radius 3 is 1.93 bits per heavy atom. The molecule has 0 N–H and O–H groups in total. The predicted octanol–water partition coefficient (Wildman–Crippen LogP) is 2.48. The third-order valence-electron chi connectivity index (χ3n) is 3.14. The van der Waals surface area contributed by atoms with Crippen molar-refractivity contribution in [1.82, 2.24) is 20.4 Å². The van der Waals surface area contributed by atoms with Crippen LogP contribution in [-0.4, -0.2) is 20.4 Å². The van der Waals surface area contributed by atoms with E-state index in [0.717, 1.165) is 5.82 Å². The molecule has 2 rings (SSSR count). The van der Waals surface area contributed by atoms with E-state index < -0.39 is 0 Å². The molecule has 0 spiro atoms. The minimum atomic E-state index is 0.490. The van der Waals surface area contributed by atoms with E-state index in [4.69, 9.17) is 0 Å². The second kappa shape index (κ2) is 5.73. The van der Waals surface area contributed by atoms with Crippen molar-refractivity contribution in [2.75, 3.05) is 0 Å². The summed E-state index contributed by atoms with van der Waals surface area (Å²) >= 11 is 0. The summed E-state index contributed by atoms with van der Waals surface area (Å²) in [6.45, 7) is 0. The minimum absolute atomic E-state index is 0.490. The summed E-state index contributed by atoms with van der Waals surface area (Å²) < 4.78 is 0. The van der Waals surface area contributed by atoms with Gasteiger partial charge in [-0.15, -0.1) is 20.4 Å². The van der Waals surface area contributed by atoms with E-state index in [9.17, 15) is 0 Å². The molecule has 1 aliphatic carbocycles. The van der Waals surface area contributed by atoms with Crippen LogP contribution >= 0.6 is 0 Å². The highest BCUT2D eigenvalue weighted by molar-refractivity contribution is 4.90. The van der Waals surface area contributed by atoms with Gasteiger partial charge in [-0.25, -0.2) is 0 Å². The highest BCUT2D eigenvalue weighted by atomic mass is 15.3. The first-order valence-corrected chi connectivity index (χ1v) is 5.97. The maximum atomic E-state index is 4.08. The lowest BCUT2D eigenvalue weighted by molar-refractivity contribution is 0.500. The van der Waals surface area contributed by atoms with Gasteiger partial charge in [0.1, 0.15) is 0 Å². The summed E-state index contributed by atoms with van der Waals surface area (Å²) in [5, 5.41) is 15.8. The molecule has 1 aromatic rings. The standard InChI is InChI=1S/C11H18N4/c1-2-4-6-8-10(7-5-3-1)11-14-12-9-13-15-11/h9-10H,1-8H2. The van der Waals surface area contributed by atoms with Crippen LogP contribution in [0.5, 0.6) is 0 Å². The number of hydrogen-bond acceptors (Lipinski definition) is 4. The first kappa shape index (κ1) is 10.5. The van der Waals surface area contributed by atoms with Crippen molar-refractivity contribution in [3.63, 3.8) is 0 Å². The molecule has 4 heteroatoms. The zero-order valence-corrected chi connectivity index (χ0v) is 9.10. The molecule has 0 atom stereocenters. The summed E-state index contributed by atoms with van der Waals surface area (Å²) in [6.07, 6.45) is 11.9. The van der Waals surface area contributed by atoms with Gasteiger partial charge < -0.3 is 0 Å². The van der Waals surface area contributed by atoms with Crippen molar-refractivity contribution >= 4 is 0 Å². The summed E-state index contributed by atoms with van der Waals surface area (Å²) in [6, 6.07) is 0. The van der Waals surface area contributed by atoms with Crippen LogP contribution in [0.1, 0.15) is 63.1 Å². The van der Waals surface area contributed by atoms with E-state index >= 15 is 0 Å². The summed E-state index contributed by atoms with van der Waals surface area (Å²) in [7, 11) is 0. The van der Waals surface area contributed by atoms with Gasteiger partial charge >= 0.3 is 0 Å². The molecule has 0 aromatic carbocycles. The fourth-order valence-corrected chi connectivity index (χ4v) is 2.27. The van der Waals surface area contributed by atoms with E-state index in [1.165, 1.54) is 57.7 Å². The van der Waals surface area contributed by atoms with E-state index in [-0.39, 0.29) is 0 Å². The van der Waals surface area contributed by atoms with Crippen LogP contribution in [0.25, 0.3) is 0 Å². The van der Waals surface area contributed by atoms with Crippen LogP contribution in [0.15, 0.2) is 6.33 Å². The highest BCUT2D eigenvalue weighted by Gasteiger charge is 2.15. The molecule has 4 nitrogen and oxygen atoms in total. The van der Waals surface area contributed by atoms with Gasteiger partial charge in [-0.05, 0) is 12.8 Å². The third kappa shape index (κ3) is 3.22. The molecule has 0 aliphatic heterocycles. The molecule has 1 aliphatic rings. The van der Waals surface area contributed by atoms with Gasteiger partial charge in [0, 0.05) is 5.92 Å². The fraction of sp³-hybridized carbons (Fsp3) is 0.818. The molecule has 82 valence electrons. The molecule has 1 heterocycles. The van der Waals surface area contributed by atoms with Crippen molar-refractivity contribution in [3.8, 4) is 0 Å². The summed E-state index contributed by atoms with van der Waals surface area (Å²) in [5.41, 5.74) is 0. The Labute approximate surface area is 90.5 Å². The van der Waals surface area contributed by atoms with E-state index in [2.05, 4.69) is 20.4 Å². The number of hydrogen-bond donors (Lipinski definition) is 0. The van der Waals surface area contributed by atoms with E-state index in [0.29, 0.717) is 5.92 Å². The molecule has 0 radical (unpaired) electrons. The van der Waals surface area contributed by atoms with Crippen LogP contribution in [-0.2, 0) is 0 Å². The molecule has 1 aromatic heterocycles. The van der Waals surface area contributed by atoms with Gasteiger partial charge in [0.15, 0.2) is 12.2 Å². The van der Waals surface area contributed by atoms with Crippen LogP contribution < -0.4 is 0 Å². The van der Waals surface area contributed by atoms with Crippen LogP contribution in [0.3, 0.4) is 0 Å². The lowest BCUT2D eigenvalue weighted by atomic mass is 9.96. The molecule has 1 fully saturated rings. The van der Waals surface area contributed by atoms with Gasteiger partial charge in [0.2, 0.25) is 0 Å². The van der Waals surface area contributed by atoms with Crippen LogP contribution in [0.2, 0.25) is 0 Å². The molecular formula is C11H18N4. The Kier molecular flexibility index (Phi) is 4.00. The maximum absolute atomic E-state index is 4.08. The highest BCUT2D eigenvalue weighted by Crippen LogP contribution is 2.27. The van der Waals surface area contributed by atoms with Crippen LogP contribution in [0.4, 0.5) is 0 Å². The normalized spacial score (nSPS) is 20.3. The molecule has 0 bridgehead atoms. The Bertz CT molecular complexity index is 265. The second-order valence-corrected chi connectivity index (χ2v) is 4.30. The largest absolute Gasteiger partial charge is 0.176 e. The molecule has 1 saturated carbocycles. The molecular weight excluding hydrogens is 188 g/mol. The number of rotatable bonds is 1. The molecule has 15 heavy (non-hydrogen) atoms. The zero-order valence-electron chi connectivity index (χ0n) is 9.10. The Morgan fingerprint density at radius 2 is 1.33 bits per heavy atom. The van der Waals surface area contributed by atoms with Crippen molar-refractivity contribution in [1.29, 1.82) is 0 Å². The number of aromatic nitrogens is 4. The lowest BCUT2D eigenvalue weighted by Gasteiger charge is -2.11. The van der Waals surface area contributed by atoms with Crippen molar-refractivity contribution in [2.24, 2.45) is 0 Å². The van der Waals surface area contributed by atoms with Crippen molar-refractivity contribution in [2.45, 2.75) is 57.3 Å². The monoisotopic (exact) mass is 206 g/mol.